The number of ether oxygens (including phenoxy) is 11. The molecule has 2 aliphatic rings. The molecule has 6 aromatic rings. The van der Waals surface area contributed by atoms with E-state index in [1.54, 1.807) is 0 Å². The van der Waals surface area contributed by atoms with Crippen LogP contribution in [0.15, 0.2) is 182 Å². The standard InChI is InChI=1S/C57H64O15S.Na/c1-61-56-54(64-32-33-69-73(58,59)60)53(67-38-46-28-16-6-17-29-46)51(49(70-56)41-63-35-43-22-10-3-11-23-43)72-57-55(68-39-47-30-18-7-19-31-47)52(66-37-45-26-14-5-15-27-45)50(65-36-44-24-12-4-13-25-44)48(71-57)40-62-34-42-20-8-2-9-21-42;/h2-31,48-57H,32-41H2,1H3,(H,58,59,60);/q;+1/p-1/t48-,49-,50+,51+,52+,53+,54-,55-,56-,57-;/m1./s1. The van der Waals surface area contributed by atoms with Gasteiger partial charge >= 0.3 is 29.6 Å². The Bertz CT molecular complexity index is 2560. The third kappa shape index (κ3) is 17.9. The molecule has 0 bridgehead atoms. The van der Waals surface area contributed by atoms with E-state index >= 15 is 0 Å². The van der Waals surface area contributed by atoms with Gasteiger partial charge in [0.05, 0.1) is 66.1 Å². The van der Waals surface area contributed by atoms with E-state index in [2.05, 4.69) is 4.18 Å². The largest absolute Gasteiger partial charge is 1.00 e. The zero-order valence-electron chi connectivity index (χ0n) is 41.7. The molecule has 8 rings (SSSR count). The number of rotatable bonds is 28. The Hall–Kier alpha value is -4.25. The van der Waals surface area contributed by atoms with Crippen LogP contribution in [0.5, 0.6) is 0 Å². The first-order valence-electron chi connectivity index (χ1n) is 24.4. The molecular formula is C57H63NaO15S. The van der Waals surface area contributed by atoms with E-state index in [-0.39, 0.29) is 82.4 Å². The maximum Gasteiger partial charge on any atom is 1.00 e. The van der Waals surface area contributed by atoms with Crippen molar-refractivity contribution >= 4 is 10.4 Å². The van der Waals surface area contributed by atoms with Gasteiger partial charge in [0.2, 0.25) is 10.4 Å². The van der Waals surface area contributed by atoms with Crippen LogP contribution in [0.2, 0.25) is 0 Å². The minimum atomic E-state index is -5.02. The Balaban J connectivity index is 0.00000800. The zero-order valence-corrected chi connectivity index (χ0v) is 44.5. The average molecular weight is 1040 g/mol. The van der Waals surface area contributed by atoms with Gasteiger partial charge in [0, 0.05) is 7.11 Å². The molecule has 10 atom stereocenters. The molecule has 17 heteroatoms. The molecule has 2 aliphatic heterocycles. The van der Waals surface area contributed by atoms with Crippen molar-refractivity contribution in [3.8, 4) is 0 Å². The number of methoxy groups -OCH3 is 1. The maximum absolute atomic E-state index is 11.5. The molecule has 6 aromatic carbocycles. The Morgan fingerprint density at radius 3 is 1.12 bits per heavy atom. The number of hydrogen-bond acceptors (Lipinski definition) is 15. The van der Waals surface area contributed by atoms with E-state index in [4.69, 9.17) is 52.1 Å². The van der Waals surface area contributed by atoms with Crippen LogP contribution in [-0.4, -0.2) is 108 Å². The van der Waals surface area contributed by atoms with Crippen LogP contribution < -0.4 is 29.6 Å². The van der Waals surface area contributed by atoms with Crippen molar-refractivity contribution in [2.75, 3.05) is 33.5 Å². The van der Waals surface area contributed by atoms with Crippen LogP contribution in [0.1, 0.15) is 33.4 Å². The monoisotopic (exact) mass is 1040 g/mol. The molecule has 0 unspecified atom stereocenters. The Morgan fingerprint density at radius 2 is 0.730 bits per heavy atom. The predicted octanol–water partition coefficient (Wildman–Crippen LogP) is 5.11. The van der Waals surface area contributed by atoms with Gasteiger partial charge in [-0.05, 0) is 33.4 Å². The molecule has 388 valence electrons. The first-order chi connectivity index (χ1) is 35.8. The van der Waals surface area contributed by atoms with Crippen LogP contribution in [-0.2, 0) is 106 Å². The molecule has 15 nitrogen and oxygen atoms in total. The third-order valence-electron chi connectivity index (χ3n) is 12.3. The summed E-state index contributed by atoms with van der Waals surface area (Å²) in [5.74, 6) is 0. The van der Waals surface area contributed by atoms with Gasteiger partial charge in [-0.15, -0.1) is 0 Å². The molecule has 2 heterocycles. The van der Waals surface area contributed by atoms with Crippen LogP contribution in [0.3, 0.4) is 0 Å². The molecule has 0 radical (unpaired) electrons. The predicted molar refractivity (Wildman–Crippen MR) is 267 cm³/mol. The summed E-state index contributed by atoms with van der Waals surface area (Å²) in [6.45, 7) is 0.373. The average Bonchev–Trinajstić information content (AvgIpc) is 3.42. The second-order valence-electron chi connectivity index (χ2n) is 17.5. The smallest absolute Gasteiger partial charge is 0.726 e. The minimum absolute atomic E-state index is 0. The SMILES string of the molecule is CO[C@@H]1O[C@H](COCc2ccccc2)[C@H](O[C@H]2O[C@H](COCc3ccccc3)[C@H](OCc3ccccc3)[C@H](OCc3ccccc3)[C@H]2OCc2ccccc2)[C@H](OCc2ccccc2)[C@H]1OCCOS(=O)(=O)[O-].[Na+]. The van der Waals surface area contributed by atoms with Crippen LogP contribution >= 0.6 is 0 Å². The summed E-state index contributed by atoms with van der Waals surface area (Å²) >= 11 is 0. The maximum atomic E-state index is 11.5. The normalized spacial score (nSPS) is 24.0. The van der Waals surface area contributed by atoms with Crippen LogP contribution in [0.4, 0.5) is 0 Å². The first-order valence-corrected chi connectivity index (χ1v) is 25.7. The van der Waals surface area contributed by atoms with E-state index in [1.165, 1.54) is 7.11 Å². The minimum Gasteiger partial charge on any atom is -0.726 e. The number of hydrogen-bond donors (Lipinski definition) is 0. The topological polar surface area (TPSA) is 168 Å². The van der Waals surface area contributed by atoms with Crippen molar-refractivity contribution in [1.82, 2.24) is 0 Å². The summed E-state index contributed by atoms with van der Waals surface area (Å²) in [4.78, 5) is 0. The summed E-state index contributed by atoms with van der Waals surface area (Å²) in [5.41, 5.74) is 5.53. The van der Waals surface area contributed by atoms with E-state index in [0.717, 1.165) is 33.4 Å². The molecule has 0 aromatic heterocycles. The first kappa shape index (κ1) is 57.5. The van der Waals surface area contributed by atoms with Crippen molar-refractivity contribution in [3.63, 3.8) is 0 Å². The van der Waals surface area contributed by atoms with Crippen LogP contribution in [0, 0.1) is 0 Å². The van der Waals surface area contributed by atoms with E-state index in [9.17, 15) is 13.0 Å². The summed E-state index contributed by atoms with van der Waals surface area (Å²) in [6, 6.07) is 58.6. The van der Waals surface area contributed by atoms with Crippen molar-refractivity contribution < 1.29 is 98.8 Å². The van der Waals surface area contributed by atoms with E-state index < -0.39 is 78.4 Å². The molecule has 2 fully saturated rings. The fourth-order valence-electron chi connectivity index (χ4n) is 8.70. The van der Waals surface area contributed by atoms with Gasteiger partial charge in [-0.25, -0.2) is 8.42 Å². The van der Waals surface area contributed by atoms with Crippen molar-refractivity contribution in [2.45, 2.75) is 101 Å². The van der Waals surface area contributed by atoms with Gasteiger partial charge in [0.25, 0.3) is 0 Å². The third-order valence-corrected chi connectivity index (χ3v) is 12.7. The fraction of sp³-hybridized carbons (Fsp3) is 0.368. The van der Waals surface area contributed by atoms with E-state index in [1.807, 2.05) is 182 Å². The van der Waals surface area contributed by atoms with E-state index in [0.29, 0.717) is 6.61 Å². The molecule has 0 N–H and O–H groups in total. The van der Waals surface area contributed by atoms with Crippen molar-refractivity contribution in [3.05, 3.63) is 215 Å². The van der Waals surface area contributed by atoms with Gasteiger partial charge in [-0.1, -0.05) is 182 Å². The summed E-state index contributed by atoms with van der Waals surface area (Å²) in [5, 5.41) is 0. The second-order valence-corrected chi connectivity index (χ2v) is 18.6. The zero-order chi connectivity index (χ0) is 50.5. The summed E-state index contributed by atoms with van der Waals surface area (Å²) in [7, 11) is -3.56. The molecule has 0 aliphatic carbocycles. The second kappa shape index (κ2) is 30.5. The molecule has 74 heavy (non-hydrogen) atoms. The Labute approximate surface area is 456 Å². The van der Waals surface area contributed by atoms with Crippen molar-refractivity contribution in [2.24, 2.45) is 0 Å². The molecular weight excluding hydrogens is 980 g/mol. The van der Waals surface area contributed by atoms with Crippen LogP contribution in [0.25, 0.3) is 0 Å². The van der Waals surface area contributed by atoms with Gasteiger partial charge in [0.15, 0.2) is 12.6 Å². The van der Waals surface area contributed by atoms with Gasteiger partial charge in [-0.2, -0.15) is 0 Å². The Morgan fingerprint density at radius 1 is 0.405 bits per heavy atom. The quantitative estimate of drug-likeness (QED) is 0.0275. The molecule has 0 spiro atoms. The van der Waals surface area contributed by atoms with Crippen molar-refractivity contribution in [1.29, 1.82) is 0 Å². The molecule has 0 saturated carbocycles. The summed E-state index contributed by atoms with van der Waals surface area (Å²) < 4.78 is 113. The number of benzene rings is 6. The van der Waals surface area contributed by atoms with Gasteiger partial charge < -0.3 is 56.7 Å². The Kier molecular flexibility index (Phi) is 23.7. The van der Waals surface area contributed by atoms with Gasteiger partial charge in [-0.3, -0.25) is 4.18 Å². The molecule has 2 saturated heterocycles. The van der Waals surface area contributed by atoms with Gasteiger partial charge in [0.1, 0.15) is 48.8 Å². The fourth-order valence-corrected chi connectivity index (χ4v) is 8.97. The summed E-state index contributed by atoms with van der Waals surface area (Å²) in [6.07, 6.45) is -9.71. The molecule has 0 amide bonds.